The molecule has 0 fully saturated rings. The number of amides is 1. The first-order valence-electron chi connectivity index (χ1n) is 10.0. The minimum atomic E-state index is -0.442. The van der Waals surface area contributed by atoms with Crippen molar-refractivity contribution in [1.82, 2.24) is 14.7 Å². The molecule has 164 valence electrons. The number of furan rings is 1. The Morgan fingerprint density at radius 2 is 1.90 bits per heavy atom. The smallest absolute Gasteiger partial charge is 0.341 e. The number of aryl methyl sites for hydroxylation is 2. The van der Waals surface area contributed by atoms with Gasteiger partial charge in [0.25, 0.3) is 0 Å². The number of methoxy groups -OCH3 is 1. The zero-order valence-corrected chi connectivity index (χ0v) is 18.7. The number of anilines is 1. The number of likely N-dealkylation sites (N-methyl/N-ethyl adjacent to an activating group) is 1. The number of carbonyl (C=O) groups is 2. The molecule has 1 atom stereocenters. The molecule has 1 amide bonds. The summed E-state index contributed by atoms with van der Waals surface area (Å²) < 4.78 is 12.2. The number of ether oxygens (including phenoxy) is 1. The minimum absolute atomic E-state index is 0.155. The molecular formula is C23H28N4O4. The standard InChI is InChI=1S/C23H28N4O4/c1-14-21(15(2)27(25-14)18-10-8-7-9-11-18)24-22(28)16(3)26(5)13-19-12-20(17(4)31-19)23(29)30-6/h7-12,16H,13H2,1-6H3,(H,24,28). The van der Waals surface area contributed by atoms with Crippen molar-refractivity contribution in [1.29, 1.82) is 0 Å². The fraction of sp³-hybridized carbons (Fsp3) is 0.348. The van der Waals surface area contributed by atoms with E-state index in [0.29, 0.717) is 29.3 Å². The number of aromatic nitrogens is 2. The Bertz CT molecular complexity index is 1080. The summed E-state index contributed by atoms with van der Waals surface area (Å²) in [7, 11) is 3.16. The highest BCUT2D eigenvalue weighted by Gasteiger charge is 2.23. The van der Waals surface area contributed by atoms with Gasteiger partial charge in [0.2, 0.25) is 5.91 Å². The van der Waals surface area contributed by atoms with E-state index in [-0.39, 0.29) is 5.91 Å². The van der Waals surface area contributed by atoms with Gasteiger partial charge in [-0.2, -0.15) is 5.10 Å². The van der Waals surface area contributed by atoms with E-state index >= 15 is 0 Å². The van der Waals surface area contributed by atoms with Gasteiger partial charge in [-0.3, -0.25) is 9.69 Å². The van der Waals surface area contributed by atoms with Crippen molar-refractivity contribution in [2.45, 2.75) is 40.3 Å². The van der Waals surface area contributed by atoms with E-state index in [1.54, 1.807) is 13.0 Å². The van der Waals surface area contributed by atoms with Gasteiger partial charge in [0.1, 0.15) is 17.1 Å². The molecule has 3 aromatic rings. The van der Waals surface area contributed by atoms with E-state index in [0.717, 1.165) is 17.1 Å². The maximum atomic E-state index is 12.9. The first-order chi connectivity index (χ1) is 14.7. The van der Waals surface area contributed by atoms with Crippen LogP contribution in [0.2, 0.25) is 0 Å². The average molecular weight is 425 g/mol. The van der Waals surface area contributed by atoms with Gasteiger partial charge in [-0.25, -0.2) is 9.48 Å². The summed E-state index contributed by atoms with van der Waals surface area (Å²) in [5.41, 5.74) is 3.63. The lowest BCUT2D eigenvalue weighted by Gasteiger charge is -2.23. The van der Waals surface area contributed by atoms with Crippen molar-refractivity contribution in [3.63, 3.8) is 0 Å². The molecule has 0 spiro atoms. The highest BCUT2D eigenvalue weighted by molar-refractivity contribution is 5.95. The predicted molar refractivity (Wildman–Crippen MR) is 117 cm³/mol. The second kappa shape index (κ2) is 9.18. The summed E-state index contributed by atoms with van der Waals surface area (Å²) in [6, 6.07) is 11.0. The fourth-order valence-corrected chi connectivity index (χ4v) is 3.39. The number of benzene rings is 1. The lowest BCUT2D eigenvalue weighted by Crippen LogP contribution is -2.39. The number of rotatable bonds is 7. The number of para-hydroxylation sites is 1. The Morgan fingerprint density at radius 1 is 1.23 bits per heavy atom. The van der Waals surface area contributed by atoms with E-state index in [1.807, 2.05) is 67.7 Å². The zero-order chi connectivity index (χ0) is 22.7. The molecule has 0 saturated heterocycles. The van der Waals surface area contributed by atoms with Crippen LogP contribution in [0.4, 0.5) is 5.69 Å². The van der Waals surface area contributed by atoms with E-state index in [2.05, 4.69) is 10.4 Å². The second-order valence-corrected chi connectivity index (χ2v) is 7.55. The number of hydrogen-bond acceptors (Lipinski definition) is 6. The Balaban J connectivity index is 1.71. The molecule has 31 heavy (non-hydrogen) atoms. The minimum Gasteiger partial charge on any atom is -0.465 e. The Kier molecular flexibility index (Phi) is 6.60. The zero-order valence-electron chi connectivity index (χ0n) is 18.7. The molecule has 0 saturated carbocycles. The van der Waals surface area contributed by atoms with Crippen LogP contribution in [0.1, 0.15) is 40.2 Å². The van der Waals surface area contributed by atoms with Gasteiger partial charge < -0.3 is 14.5 Å². The van der Waals surface area contributed by atoms with Crippen LogP contribution in [0.5, 0.6) is 0 Å². The molecule has 1 aromatic carbocycles. The number of nitrogens with zero attached hydrogens (tertiary/aromatic N) is 3. The van der Waals surface area contributed by atoms with Gasteiger partial charge in [0, 0.05) is 0 Å². The van der Waals surface area contributed by atoms with Crippen LogP contribution >= 0.6 is 0 Å². The van der Waals surface area contributed by atoms with Gasteiger partial charge in [-0.15, -0.1) is 0 Å². The van der Waals surface area contributed by atoms with E-state index < -0.39 is 12.0 Å². The highest BCUT2D eigenvalue weighted by atomic mass is 16.5. The molecule has 2 aromatic heterocycles. The maximum Gasteiger partial charge on any atom is 0.341 e. The number of nitrogens with one attached hydrogen (secondary N) is 1. The van der Waals surface area contributed by atoms with Crippen molar-refractivity contribution in [3.05, 3.63) is 64.9 Å². The summed E-state index contributed by atoms with van der Waals surface area (Å²) in [5, 5.41) is 7.58. The van der Waals surface area contributed by atoms with Crippen molar-refractivity contribution in [2.24, 2.45) is 0 Å². The van der Waals surface area contributed by atoms with Crippen molar-refractivity contribution >= 4 is 17.6 Å². The molecular weight excluding hydrogens is 396 g/mol. The fourth-order valence-electron chi connectivity index (χ4n) is 3.39. The van der Waals surface area contributed by atoms with Crippen molar-refractivity contribution in [2.75, 3.05) is 19.5 Å². The summed E-state index contributed by atoms with van der Waals surface area (Å²) >= 11 is 0. The van der Waals surface area contributed by atoms with Crippen molar-refractivity contribution in [3.8, 4) is 5.69 Å². The van der Waals surface area contributed by atoms with Crippen LogP contribution in [0, 0.1) is 20.8 Å². The number of carbonyl (C=O) groups excluding carboxylic acids is 2. The van der Waals surface area contributed by atoms with Gasteiger partial charge >= 0.3 is 5.97 Å². The summed E-state index contributed by atoms with van der Waals surface area (Å²) in [4.78, 5) is 26.6. The van der Waals surface area contributed by atoms with Gasteiger partial charge in [-0.1, -0.05) is 18.2 Å². The molecule has 1 unspecified atom stereocenters. The largest absolute Gasteiger partial charge is 0.465 e. The third-order valence-electron chi connectivity index (χ3n) is 5.36. The topological polar surface area (TPSA) is 89.6 Å². The molecule has 0 radical (unpaired) electrons. The SMILES string of the molecule is COC(=O)c1cc(CN(C)C(C)C(=O)Nc2c(C)nn(-c3ccccc3)c2C)oc1C. The molecule has 0 aliphatic rings. The third kappa shape index (κ3) is 4.69. The normalized spacial score (nSPS) is 12.1. The Hall–Kier alpha value is -3.39. The third-order valence-corrected chi connectivity index (χ3v) is 5.36. The predicted octanol–water partition coefficient (Wildman–Crippen LogP) is 3.64. The molecule has 3 rings (SSSR count). The monoisotopic (exact) mass is 424 g/mol. The molecule has 2 heterocycles. The Morgan fingerprint density at radius 3 is 2.55 bits per heavy atom. The van der Waals surface area contributed by atoms with Crippen LogP contribution < -0.4 is 5.32 Å². The lowest BCUT2D eigenvalue weighted by molar-refractivity contribution is -0.120. The summed E-state index contributed by atoms with van der Waals surface area (Å²) in [5.74, 6) is 0.483. The average Bonchev–Trinajstić information content (AvgIpc) is 3.26. The maximum absolute atomic E-state index is 12.9. The first-order valence-corrected chi connectivity index (χ1v) is 10.0. The van der Waals surface area contributed by atoms with E-state index in [1.165, 1.54) is 7.11 Å². The number of hydrogen-bond donors (Lipinski definition) is 1. The second-order valence-electron chi connectivity index (χ2n) is 7.55. The lowest BCUT2D eigenvalue weighted by atomic mass is 10.2. The quantitative estimate of drug-likeness (QED) is 0.583. The molecule has 0 aliphatic heterocycles. The van der Waals surface area contributed by atoms with Crippen LogP contribution in [0.25, 0.3) is 5.69 Å². The highest BCUT2D eigenvalue weighted by Crippen LogP contribution is 2.23. The van der Waals surface area contributed by atoms with Gasteiger partial charge in [0.15, 0.2) is 0 Å². The molecule has 8 heteroatoms. The summed E-state index contributed by atoms with van der Waals surface area (Å²) in [6.07, 6.45) is 0. The molecule has 0 aliphatic carbocycles. The van der Waals surface area contributed by atoms with Gasteiger partial charge in [0.05, 0.1) is 42.5 Å². The molecule has 1 N–H and O–H groups in total. The van der Waals surface area contributed by atoms with Crippen LogP contribution in [0.15, 0.2) is 40.8 Å². The van der Waals surface area contributed by atoms with Crippen LogP contribution in [-0.2, 0) is 16.1 Å². The first kappa shape index (κ1) is 22.3. The van der Waals surface area contributed by atoms with Crippen LogP contribution in [0.3, 0.4) is 0 Å². The molecule has 0 bridgehead atoms. The Labute approximate surface area is 181 Å². The van der Waals surface area contributed by atoms with Gasteiger partial charge in [-0.05, 0) is 52.9 Å². The van der Waals surface area contributed by atoms with Crippen molar-refractivity contribution < 1.29 is 18.7 Å². The van der Waals surface area contributed by atoms with Crippen LogP contribution in [-0.4, -0.2) is 46.8 Å². The van der Waals surface area contributed by atoms with E-state index in [9.17, 15) is 9.59 Å². The van der Waals surface area contributed by atoms with E-state index in [4.69, 9.17) is 9.15 Å². The number of esters is 1. The summed E-state index contributed by atoms with van der Waals surface area (Å²) in [6.45, 7) is 7.70. The molecule has 8 nitrogen and oxygen atoms in total.